The summed E-state index contributed by atoms with van der Waals surface area (Å²) in [6.45, 7) is 3.85. The second kappa shape index (κ2) is 4.06. The third-order valence-electron chi connectivity index (χ3n) is 1.93. The first-order chi connectivity index (χ1) is 7.16. The fourth-order valence-corrected chi connectivity index (χ4v) is 2.17. The predicted molar refractivity (Wildman–Crippen MR) is 57.5 cm³/mol. The van der Waals surface area contributed by atoms with Gasteiger partial charge in [-0.3, -0.25) is 0 Å². The summed E-state index contributed by atoms with van der Waals surface area (Å²) in [6, 6.07) is 3.87. The highest BCUT2D eigenvalue weighted by atomic mass is 32.1. The molecule has 2 rings (SSSR count). The van der Waals surface area contributed by atoms with Crippen molar-refractivity contribution < 1.29 is 14.3 Å². The minimum Gasteiger partial charge on any atom is -0.491 e. The van der Waals surface area contributed by atoms with E-state index in [0.717, 1.165) is 4.88 Å². The quantitative estimate of drug-likeness (QED) is 0.740. The molecule has 0 fully saturated rings. The molecule has 2 heterocycles. The maximum atomic E-state index is 11.2. The van der Waals surface area contributed by atoms with Crippen molar-refractivity contribution >= 4 is 17.3 Å². The van der Waals surface area contributed by atoms with Gasteiger partial charge in [0.25, 0.3) is 0 Å². The van der Waals surface area contributed by atoms with Crippen LogP contribution in [0.5, 0.6) is 0 Å². The second-order valence-corrected chi connectivity index (χ2v) is 4.52. The van der Waals surface area contributed by atoms with Crippen molar-refractivity contribution in [3.8, 4) is 0 Å². The van der Waals surface area contributed by atoms with Crippen molar-refractivity contribution in [3.05, 3.63) is 34.2 Å². The van der Waals surface area contributed by atoms with Gasteiger partial charge in [0.15, 0.2) is 6.10 Å². The molecule has 1 unspecified atom stereocenters. The van der Waals surface area contributed by atoms with Gasteiger partial charge in [0.2, 0.25) is 0 Å². The van der Waals surface area contributed by atoms with E-state index < -0.39 is 0 Å². The van der Waals surface area contributed by atoms with Crippen molar-refractivity contribution in [2.75, 3.05) is 0 Å². The van der Waals surface area contributed by atoms with E-state index in [1.165, 1.54) is 6.08 Å². The molecule has 0 N–H and O–H groups in total. The standard InChI is InChI=1S/C11H12O3S/c1-7(2)13-8-6-10(12)14-11(8)9-4-3-5-15-9/h3-7,11H,1-2H3. The molecule has 0 aromatic carbocycles. The molecule has 1 aromatic rings. The lowest BCUT2D eigenvalue weighted by Crippen LogP contribution is -2.08. The number of hydrogen-bond donors (Lipinski definition) is 0. The lowest BCUT2D eigenvalue weighted by Gasteiger charge is -2.15. The summed E-state index contributed by atoms with van der Waals surface area (Å²) in [5.41, 5.74) is 0. The summed E-state index contributed by atoms with van der Waals surface area (Å²) in [6.07, 6.45) is 1.12. The van der Waals surface area contributed by atoms with E-state index in [-0.39, 0.29) is 18.2 Å². The number of cyclic esters (lactones) is 1. The molecule has 0 saturated carbocycles. The number of rotatable bonds is 3. The second-order valence-electron chi connectivity index (χ2n) is 3.55. The molecule has 1 aliphatic heterocycles. The molecule has 0 radical (unpaired) electrons. The summed E-state index contributed by atoms with van der Waals surface area (Å²) in [5.74, 6) is 0.279. The van der Waals surface area contributed by atoms with Crippen LogP contribution in [0.1, 0.15) is 24.8 Å². The zero-order valence-electron chi connectivity index (χ0n) is 8.60. The first kappa shape index (κ1) is 10.2. The summed E-state index contributed by atoms with van der Waals surface area (Å²) in [5, 5.41) is 1.95. The molecule has 0 aliphatic carbocycles. The number of hydrogen-bond acceptors (Lipinski definition) is 4. The lowest BCUT2D eigenvalue weighted by atomic mass is 10.2. The third kappa shape index (κ3) is 2.21. The molecule has 1 aromatic heterocycles. The van der Waals surface area contributed by atoms with Crippen molar-refractivity contribution in [1.29, 1.82) is 0 Å². The molecular weight excluding hydrogens is 212 g/mol. The monoisotopic (exact) mass is 224 g/mol. The van der Waals surface area contributed by atoms with Gasteiger partial charge in [-0.05, 0) is 25.3 Å². The first-order valence-electron chi connectivity index (χ1n) is 4.79. The Balaban J connectivity index is 2.19. The highest BCUT2D eigenvalue weighted by molar-refractivity contribution is 7.10. The van der Waals surface area contributed by atoms with Gasteiger partial charge < -0.3 is 9.47 Å². The van der Waals surface area contributed by atoms with Crippen LogP contribution < -0.4 is 0 Å². The molecule has 3 nitrogen and oxygen atoms in total. The molecule has 1 aliphatic rings. The lowest BCUT2D eigenvalue weighted by molar-refractivity contribution is -0.139. The van der Waals surface area contributed by atoms with Gasteiger partial charge in [-0.1, -0.05) is 6.07 Å². The van der Waals surface area contributed by atoms with E-state index in [1.807, 2.05) is 31.4 Å². The van der Waals surface area contributed by atoms with Crippen LogP contribution >= 0.6 is 11.3 Å². The molecule has 0 saturated heterocycles. The van der Waals surface area contributed by atoms with E-state index in [4.69, 9.17) is 9.47 Å². The Morgan fingerprint density at radius 3 is 2.93 bits per heavy atom. The van der Waals surface area contributed by atoms with Crippen LogP contribution in [-0.2, 0) is 14.3 Å². The minimum absolute atomic E-state index is 0.0493. The van der Waals surface area contributed by atoms with Crippen LogP contribution in [0.2, 0.25) is 0 Å². The topological polar surface area (TPSA) is 35.5 Å². The van der Waals surface area contributed by atoms with Crippen molar-refractivity contribution in [3.63, 3.8) is 0 Å². The van der Waals surface area contributed by atoms with Crippen LogP contribution in [0, 0.1) is 0 Å². The van der Waals surface area contributed by atoms with Crippen molar-refractivity contribution in [2.45, 2.75) is 26.1 Å². The molecule has 0 spiro atoms. The normalized spacial score (nSPS) is 20.3. The minimum atomic E-state index is -0.347. The molecule has 15 heavy (non-hydrogen) atoms. The Kier molecular flexibility index (Phi) is 2.77. The molecule has 1 atom stereocenters. The zero-order chi connectivity index (χ0) is 10.8. The van der Waals surface area contributed by atoms with E-state index in [2.05, 4.69) is 0 Å². The van der Waals surface area contributed by atoms with E-state index >= 15 is 0 Å². The van der Waals surface area contributed by atoms with Gasteiger partial charge >= 0.3 is 5.97 Å². The highest BCUT2D eigenvalue weighted by Gasteiger charge is 2.30. The van der Waals surface area contributed by atoms with Crippen LogP contribution in [-0.4, -0.2) is 12.1 Å². The van der Waals surface area contributed by atoms with E-state index in [9.17, 15) is 4.79 Å². The Morgan fingerprint density at radius 2 is 2.33 bits per heavy atom. The summed E-state index contributed by atoms with van der Waals surface area (Å²) in [7, 11) is 0. The molecule has 4 heteroatoms. The molecular formula is C11H12O3S. The van der Waals surface area contributed by atoms with Crippen LogP contribution in [0.15, 0.2) is 29.3 Å². The first-order valence-corrected chi connectivity index (χ1v) is 5.67. The molecule has 0 bridgehead atoms. The average Bonchev–Trinajstić information content (AvgIpc) is 2.72. The average molecular weight is 224 g/mol. The number of ether oxygens (including phenoxy) is 2. The van der Waals surface area contributed by atoms with Gasteiger partial charge in [0, 0.05) is 0 Å². The Bertz CT molecular complexity index is 379. The van der Waals surface area contributed by atoms with E-state index in [0.29, 0.717) is 5.76 Å². The van der Waals surface area contributed by atoms with Gasteiger partial charge in [0.1, 0.15) is 5.76 Å². The predicted octanol–water partition coefficient (Wildman–Crippen LogP) is 2.65. The Labute approximate surface area is 92.3 Å². The van der Waals surface area contributed by atoms with Gasteiger partial charge in [-0.25, -0.2) is 4.79 Å². The summed E-state index contributed by atoms with van der Waals surface area (Å²) < 4.78 is 10.7. The Hall–Kier alpha value is -1.29. The largest absolute Gasteiger partial charge is 0.491 e. The highest BCUT2D eigenvalue weighted by Crippen LogP contribution is 2.34. The van der Waals surface area contributed by atoms with Crippen LogP contribution in [0.3, 0.4) is 0 Å². The number of esters is 1. The number of carbonyl (C=O) groups is 1. The van der Waals surface area contributed by atoms with E-state index in [1.54, 1.807) is 11.3 Å². The van der Waals surface area contributed by atoms with Gasteiger partial charge in [-0.15, -0.1) is 11.3 Å². The Morgan fingerprint density at radius 1 is 1.53 bits per heavy atom. The smallest absolute Gasteiger partial charge is 0.335 e. The number of carbonyl (C=O) groups excluding carboxylic acids is 1. The summed E-state index contributed by atoms with van der Waals surface area (Å²) >= 11 is 1.56. The maximum absolute atomic E-state index is 11.2. The number of thiophene rings is 1. The zero-order valence-corrected chi connectivity index (χ0v) is 9.41. The molecule has 0 amide bonds. The maximum Gasteiger partial charge on any atom is 0.335 e. The van der Waals surface area contributed by atoms with Crippen molar-refractivity contribution in [1.82, 2.24) is 0 Å². The van der Waals surface area contributed by atoms with Crippen molar-refractivity contribution in [2.24, 2.45) is 0 Å². The van der Waals surface area contributed by atoms with Gasteiger partial charge in [0.05, 0.1) is 17.1 Å². The fourth-order valence-electron chi connectivity index (χ4n) is 1.41. The third-order valence-corrected chi connectivity index (χ3v) is 2.84. The SMILES string of the molecule is CC(C)OC1=CC(=O)OC1c1cccs1. The molecule has 80 valence electrons. The van der Waals surface area contributed by atoms with Crippen LogP contribution in [0.4, 0.5) is 0 Å². The van der Waals surface area contributed by atoms with Crippen LogP contribution in [0.25, 0.3) is 0 Å². The van der Waals surface area contributed by atoms with Gasteiger partial charge in [-0.2, -0.15) is 0 Å². The summed E-state index contributed by atoms with van der Waals surface area (Å²) in [4.78, 5) is 12.2. The fraction of sp³-hybridized carbons (Fsp3) is 0.364.